The van der Waals surface area contributed by atoms with Crippen LogP contribution in [0, 0.1) is 6.92 Å². The van der Waals surface area contributed by atoms with E-state index in [9.17, 15) is 4.79 Å². The van der Waals surface area contributed by atoms with Crippen LogP contribution < -0.4 is 10.7 Å². The number of aromatic nitrogens is 2. The van der Waals surface area contributed by atoms with E-state index in [0.29, 0.717) is 22.3 Å². The average molecular weight is 298 g/mol. The summed E-state index contributed by atoms with van der Waals surface area (Å²) in [7, 11) is 1.77. The van der Waals surface area contributed by atoms with E-state index in [-0.39, 0.29) is 5.43 Å². The van der Waals surface area contributed by atoms with Gasteiger partial charge in [0.2, 0.25) is 5.43 Å². The molecule has 1 aromatic carbocycles. The van der Waals surface area contributed by atoms with Gasteiger partial charge in [0.1, 0.15) is 5.69 Å². The van der Waals surface area contributed by atoms with Gasteiger partial charge in [-0.3, -0.25) is 4.79 Å². The summed E-state index contributed by atoms with van der Waals surface area (Å²) in [5, 5.41) is 8.20. The molecule has 0 bridgehead atoms. The molecule has 0 amide bonds. The summed E-state index contributed by atoms with van der Waals surface area (Å²) in [5.74, 6) is 0. The van der Waals surface area contributed by atoms with Crippen LogP contribution in [0.25, 0.3) is 5.69 Å². The van der Waals surface area contributed by atoms with Crippen molar-refractivity contribution in [1.82, 2.24) is 15.1 Å². The predicted molar refractivity (Wildman–Crippen MR) is 77.4 cm³/mol. The molecule has 2 rings (SSSR count). The Balaban J connectivity index is 2.57. The largest absolute Gasteiger partial charge is 0.314 e. The summed E-state index contributed by atoms with van der Waals surface area (Å²) in [6.07, 6.45) is 0. The molecule has 2 aromatic rings. The Morgan fingerprint density at radius 2 is 2.00 bits per heavy atom. The maximum absolute atomic E-state index is 11.8. The Labute approximate surface area is 121 Å². The highest BCUT2D eigenvalue weighted by Crippen LogP contribution is 2.24. The third-order valence-corrected chi connectivity index (χ3v) is 3.41. The lowest BCUT2D eigenvalue weighted by Gasteiger charge is -2.11. The Morgan fingerprint density at radius 3 is 2.63 bits per heavy atom. The molecule has 0 spiro atoms. The minimum absolute atomic E-state index is 0.0804. The molecule has 1 heterocycles. The van der Waals surface area contributed by atoms with Crippen molar-refractivity contribution in [1.29, 1.82) is 0 Å². The fourth-order valence-electron chi connectivity index (χ4n) is 1.75. The number of aryl methyl sites for hydroxylation is 1. The zero-order chi connectivity index (χ0) is 14.0. The van der Waals surface area contributed by atoms with E-state index in [4.69, 9.17) is 23.2 Å². The van der Waals surface area contributed by atoms with Gasteiger partial charge in [-0.25, -0.2) is 4.68 Å². The van der Waals surface area contributed by atoms with Gasteiger partial charge in [-0.1, -0.05) is 23.2 Å². The summed E-state index contributed by atoms with van der Waals surface area (Å²) in [6, 6.07) is 6.79. The summed E-state index contributed by atoms with van der Waals surface area (Å²) >= 11 is 11.9. The van der Waals surface area contributed by atoms with Gasteiger partial charge in [0.15, 0.2) is 0 Å². The van der Waals surface area contributed by atoms with Crippen LogP contribution >= 0.6 is 23.2 Å². The minimum Gasteiger partial charge on any atom is -0.314 e. The number of nitrogens with zero attached hydrogens (tertiary/aromatic N) is 2. The Hall–Kier alpha value is -1.36. The number of halogens is 2. The first-order chi connectivity index (χ1) is 9.02. The Morgan fingerprint density at radius 1 is 1.26 bits per heavy atom. The van der Waals surface area contributed by atoms with Gasteiger partial charge >= 0.3 is 0 Å². The molecule has 0 aliphatic carbocycles. The van der Waals surface area contributed by atoms with Crippen molar-refractivity contribution in [3.63, 3.8) is 0 Å². The van der Waals surface area contributed by atoms with E-state index in [2.05, 4.69) is 10.4 Å². The highest BCUT2D eigenvalue weighted by molar-refractivity contribution is 6.42. The number of hydrogen-bond acceptors (Lipinski definition) is 3. The average Bonchev–Trinajstić information content (AvgIpc) is 2.36. The van der Waals surface area contributed by atoms with Crippen LogP contribution in [0.1, 0.15) is 11.4 Å². The normalized spacial score (nSPS) is 10.7. The van der Waals surface area contributed by atoms with Crippen molar-refractivity contribution in [3.8, 4) is 5.69 Å². The first kappa shape index (κ1) is 14.1. The maximum atomic E-state index is 11.8. The van der Waals surface area contributed by atoms with Crippen molar-refractivity contribution in [3.05, 3.63) is 55.9 Å². The molecule has 1 aromatic heterocycles. The van der Waals surface area contributed by atoms with Crippen molar-refractivity contribution in [2.45, 2.75) is 13.5 Å². The summed E-state index contributed by atoms with van der Waals surface area (Å²) < 4.78 is 1.68. The van der Waals surface area contributed by atoms with Gasteiger partial charge in [0.05, 0.1) is 15.7 Å². The van der Waals surface area contributed by atoms with Crippen LogP contribution in [0.3, 0.4) is 0 Å². The van der Waals surface area contributed by atoms with Crippen LogP contribution in [-0.4, -0.2) is 16.8 Å². The summed E-state index contributed by atoms with van der Waals surface area (Å²) in [6.45, 7) is 2.24. The molecule has 0 fully saturated rings. The molecule has 19 heavy (non-hydrogen) atoms. The van der Waals surface area contributed by atoms with E-state index in [1.165, 1.54) is 0 Å². The van der Waals surface area contributed by atoms with Crippen LogP contribution in [0.2, 0.25) is 10.0 Å². The predicted octanol–water partition coefficient (Wildman–Crippen LogP) is 2.57. The van der Waals surface area contributed by atoms with Crippen molar-refractivity contribution in [2.24, 2.45) is 0 Å². The van der Waals surface area contributed by atoms with E-state index < -0.39 is 0 Å². The van der Waals surface area contributed by atoms with Gasteiger partial charge in [-0.05, 0) is 32.2 Å². The Kier molecular flexibility index (Phi) is 4.24. The SMILES string of the molecule is CNCc1nn(-c2ccc(Cl)c(Cl)c2)c(C)cc1=O. The molecule has 100 valence electrons. The van der Waals surface area contributed by atoms with E-state index in [0.717, 1.165) is 11.4 Å². The van der Waals surface area contributed by atoms with Crippen molar-refractivity contribution >= 4 is 23.2 Å². The number of nitrogens with one attached hydrogen (secondary N) is 1. The minimum atomic E-state index is -0.0804. The second-order valence-electron chi connectivity index (χ2n) is 4.14. The number of benzene rings is 1. The topological polar surface area (TPSA) is 46.9 Å². The van der Waals surface area contributed by atoms with Gasteiger partial charge in [0, 0.05) is 18.3 Å². The quantitative estimate of drug-likeness (QED) is 0.947. The van der Waals surface area contributed by atoms with Crippen molar-refractivity contribution in [2.75, 3.05) is 7.05 Å². The molecule has 0 aliphatic rings. The number of rotatable bonds is 3. The van der Waals surface area contributed by atoms with E-state index >= 15 is 0 Å². The zero-order valence-electron chi connectivity index (χ0n) is 10.6. The van der Waals surface area contributed by atoms with E-state index in [1.54, 1.807) is 29.9 Å². The highest BCUT2D eigenvalue weighted by atomic mass is 35.5. The molecule has 1 N–H and O–H groups in total. The molecular formula is C13H13Cl2N3O. The molecule has 4 nitrogen and oxygen atoms in total. The third kappa shape index (κ3) is 2.97. The van der Waals surface area contributed by atoms with Crippen molar-refractivity contribution < 1.29 is 0 Å². The smallest absolute Gasteiger partial charge is 0.204 e. The Bertz CT molecular complexity index is 667. The maximum Gasteiger partial charge on any atom is 0.204 e. The molecule has 0 atom stereocenters. The lowest BCUT2D eigenvalue weighted by atomic mass is 10.3. The van der Waals surface area contributed by atoms with Gasteiger partial charge < -0.3 is 5.32 Å². The van der Waals surface area contributed by atoms with Crippen LogP contribution in [-0.2, 0) is 6.54 Å². The fraction of sp³-hybridized carbons (Fsp3) is 0.231. The fourth-order valence-corrected chi connectivity index (χ4v) is 2.04. The summed E-state index contributed by atoms with van der Waals surface area (Å²) in [5.41, 5.74) is 1.88. The molecule has 0 aliphatic heterocycles. The van der Waals surface area contributed by atoms with E-state index in [1.807, 2.05) is 13.0 Å². The third-order valence-electron chi connectivity index (χ3n) is 2.67. The summed E-state index contributed by atoms with van der Waals surface area (Å²) in [4.78, 5) is 11.8. The molecular weight excluding hydrogens is 285 g/mol. The van der Waals surface area contributed by atoms with Crippen LogP contribution in [0.5, 0.6) is 0 Å². The zero-order valence-corrected chi connectivity index (χ0v) is 12.1. The first-order valence-corrected chi connectivity index (χ1v) is 6.48. The molecule has 0 radical (unpaired) electrons. The second kappa shape index (κ2) is 5.74. The number of hydrogen-bond donors (Lipinski definition) is 1. The monoisotopic (exact) mass is 297 g/mol. The van der Waals surface area contributed by atoms with Gasteiger partial charge in [-0.15, -0.1) is 0 Å². The lowest BCUT2D eigenvalue weighted by Crippen LogP contribution is -2.22. The molecule has 0 unspecified atom stereocenters. The highest BCUT2D eigenvalue weighted by Gasteiger charge is 2.08. The molecule has 0 saturated carbocycles. The molecule has 0 saturated heterocycles. The van der Waals surface area contributed by atoms with Crippen LogP contribution in [0.15, 0.2) is 29.1 Å². The van der Waals surface area contributed by atoms with Crippen LogP contribution in [0.4, 0.5) is 0 Å². The second-order valence-corrected chi connectivity index (χ2v) is 4.95. The standard InChI is InChI=1S/C13H13Cl2N3O/c1-8-5-13(19)12(7-16-2)17-18(8)9-3-4-10(14)11(15)6-9/h3-6,16H,7H2,1-2H3. The lowest BCUT2D eigenvalue weighted by molar-refractivity contribution is 0.704. The molecule has 6 heteroatoms. The van der Waals surface area contributed by atoms with Gasteiger partial charge in [-0.2, -0.15) is 5.10 Å². The first-order valence-electron chi connectivity index (χ1n) is 5.73. The van der Waals surface area contributed by atoms with Gasteiger partial charge in [0.25, 0.3) is 0 Å².